The number of hydrogen-bond donors (Lipinski definition) is 0. The van der Waals surface area contributed by atoms with Gasteiger partial charge < -0.3 is 18.1 Å². The van der Waals surface area contributed by atoms with Crippen molar-refractivity contribution in [1.82, 2.24) is 0 Å². The smallest absolute Gasteiger partial charge is 0.309 e. The van der Waals surface area contributed by atoms with Gasteiger partial charge in [-0.15, -0.1) is 0 Å². The van der Waals surface area contributed by atoms with Crippen LogP contribution >= 0.6 is 15.2 Å². The molecule has 0 bridgehead atoms. The number of nitrogens with zero attached hydrogens (tertiary/aromatic N) is 1. The summed E-state index contributed by atoms with van der Waals surface area (Å²) < 4.78 is 47.7. The van der Waals surface area contributed by atoms with E-state index in [-0.39, 0.29) is 38.0 Å². The van der Waals surface area contributed by atoms with Crippen molar-refractivity contribution >= 4 is 20.6 Å². The maximum atomic E-state index is 13.2. The van der Waals surface area contributed by atoms with Gasteiger partial charge in [0.15, 0.2) is 0 Å². The van der Waals surface area contributed by atoms with E-state index < -0.39 is 15.2 Å². The Morgan fingerprint density at radius 1 is 0.885 bits per heavy atom. The van der Waals surface area contributed by atoms with Gasteiger partial charge in [-0.2, -0.15) is 0 Å². The first-order valence-corrected chi connectivity index (χ1v) is 12.7. The molecule has 0 amide bonds. The van der Waals surface area contributed by atoms with Crippen LogP contribution in [0.2, 0.25) is 0 Å². The molecule has 0 aromatic rings. The number of allylic oxidation sites excluding steroid dienone is 1. The fourth-order valence-corrected chi connectivity index (χ4v) is 6.66. The van der Waals surface area contributed by atoms with E-state index >= 15 is 0 Å². The summed E-state index contributed by atoms with van der Waals surface area (Å²) in [5.41, 5.74) is 1.29. The van der Waals surface area contributed by atoms with E-state index in [1.165, 1.54) is 12.0 Å². The molecule has 0 saturated heterocycles. The molecule has 0 atom stereocenters. The SMILES string of the molecule is CCOP(=O)(CC(=NC=C1CCCCC1)P(=O)(OCC)OCC)OCC. The average molecular weight is 409 g/mol. The van der Waals surface area contributed by atoms with Crippen LogP contribution in [0.1, 0.15) is 59.8 Å². The highest BCUT2D eigenvalue weighted by atomic mass is 31.2. The summed E-state index contributed by atoms with van der Waals surface area (Å²) in [4.78, 5) is 4.42. The predicted octanol–water partition coefficient (Wildman–Crippen LogP) is 5.77. The maximum absolute atomic E-state index is 13.2. The topological polar surface area (TPSA) is 83.4 Å². The van der Waals surface area contributed by atoms with E-state index in [4.69, 9.17) is 18.1 Å². The van der Waals surface area contributed by atoms with E-state index in [0.717, 1.165) is 25.7 Å². The second-order valence-electron chi connectivity index (χ2n) is 5.83. The van der Waals surface area contributed by atoms with Crippen LogP contribution in [-0.2, 0) is 27.2 Å². The second kappa shape index (κ2) is 12.2. The molecule has 152 valence electrons. The Morgan fingerprint density at radius 2 is 1.38 bits per heavy atom. The van der Waals surface area contributed by atoms with Crippen molar-refractivity contribution in [3.05, 3.63) is 11.8 Å². The molecule has 0 aromatic heterocycles. The molecular weight excluding hydrogens is 376 g/mol. The molecule has 0 radical (unpaired) electrons. The summed E-state index contributed by atoms with van der Waals surface area (Å²) in [7, 11) is -7.15. The first-order valence-electron chi connectivity index (χ1n) is 9.45. The quantitative estimate of drug-likeness (QED) is 0.301. The zero-order chi connectivity index (χ0) is 19.5. The highest BCUT2D eigenvalue weighted by Crippen LogP contribution is 2.57. The Bertz CT molecular complexity index is 548. The molecule has 9 heteroatoms. The first kappa shape index (κ1) is 23.7. The van der Waals surface area contributed by atoms with Crippen LogP contribution in [0.3, 0.4) is 0 Å². The number of hydrogen-bond acceptors (Lipinski definition) is 7. The Kier molecular flexibility index (Phi) is 11.2. The molecule has 7 nitrogen and oxygen atoms in total. The van der Waals surface area contributed by atoms with E-state index in [0.29, 0.717) is 0 Å². The highest BCUT2D eigenvalue weighted by molar-refractivity contribution is 7.74. The van der Waals surface area contributed by atoms with Gasteiger partial charge in [-0.05, 0) is 53.4 Å². The van der Waals surface area contributed by atoms with Crippen molar-refractivity contribution in [2.24, 2.45) is 4.99 Å². The van der Waals surface area contributed by atoms with Crippen LogP contribution < -0.4 is 0 Å². The lowest BCUT2D eigenvalue weighted by Gasteiger charge is -2.22. The van der Waals surface area contributed by atoms with Gasteiger partial charge in [-0.25, -0.2) is 0 Å². The largest absolute Gasteiger partial charge is 0.376 e. The molecule has 0 spiro atoms. The molecule has 1 fully saturated rings. The van der Waals surface area contributed by atoms with E-state index in [1.54, 1.807) is 33.9 Å². The molecule has 26 heavy (non-hydrogen) atoms. The van der Waals surface area contributed by atoms with Gasteiger partial charge in [0.2, 0.25) is 0 Å². The molecule has 0 heterocycles. The summed E-state index contributed by atoms with van der Waals surface area (Å²) in [6.45, 7) is 7.76. The minimum absolute atomic E-state index is 0.101. The summed E-state index contributed by atoms with van der Waals surface area (Å²) in [5.74, 6) is 0. The zero-order valence-corrected chi connectivity index (χ0v) is 18.2. The molecule has 1 aliphatic carbocycles. The van der Waals surface area contributed by atoms with E-state index in [9.17, 15) is 9.13 Å². The van der Waals surface area contributed by atoms with Gasteiger partial charge in [0.05, 0.1) is 26.4 Å². The molecule has 1 saturated carbocycles. The van der Waals surface area contributed by atoms with Crippen LogP contribution in [0.25, 0.3) is 0 Å². The van der Waals surface area contributed by atoms with Gasteiger partial charge in [-0.1, -0.05) is 12.0 Å². The molecular formula is C17H33NO6P2. The Labute approximate surface area is 157 Å². The van der Waals surface area contributed by atoms with Crippen LogP contribution in [0.4, 0.5) is 0 Å². The fraction of sp³-hybridized carbons (Fsp3) is 0.824. The van der Waals surface area contributed by atoms with Gasteiger partial charge >= 0.3 is 15.2 Å². The third kappa shape index (κ3) is 7.75. The summed E-state index contributed by atoms with van der Waals surface area (Å²) >= 11 is 0. The lowest BCUT2D eigenvalue weighted by molar-refractivity contribution is 0.221. The van der Waals surface area contributed by atoms with Gasteiger partial charge in [0, 0.05) is 6.20 Å². The maximum Gasteiger partial charge on any atom is 0.376 e. The van der Waals surface area contributed by atoms with Crippen molar-refractivity contribution in [1.29, 1.82) is 0 Å². The Morgan fingerprint density at radius 3 is 1.85 bits per heavy atom. The zero-order valence-electron chi connectivity index (χ0n) is 16.4. The van der Waals surface area contributed by atoms with Crippen LogP contribution in [0.5, 0.6) is 0 Å². The van der Waals surface area contributed by atoms with Crippen LogP contribution in [0, 0.1) is 0 Å². The molecule has 1 rings (SSSR count). The second-order valence-corrected chi connectivity index (χ2v) is 9.91. The van der Waals surface area contributed by atoms with Crippen molar-refractivity contribution in [3.63, 3.8) is 0 Å². The van der Waals surface area contributed by atoms with Crippen molar-refractivity contribution in [2.45, 2.75) is 59.8 Å². The normalized spacial score (nSPS) is 16.8. The third-order valence-electron chi connectivity index (χ3n) is 3.79. The first-order chi connectivity index (χ1) is 12.4. The number of aliphatic imine (C=N–C) groups is 1. The molecule has 0 N–H and O–H groups in total. The predicted molar refractivity (Wildman–Crippen MR) is 105 cm³/mol. The summed E-state index contributed by atoms with van der Waals surface area (Å²) in [6, 6.07) is 0. The Balaban J connectivity index is 3.21. The highest BCUT2D eigenvalue weighted by Gasteiger charge is 2.38. The monoisotopic (exact) mass is 409 g/mol. The van der Waals surface area contributed by atoms with E-state index in [1.807, 2.05) is 0 Å². The summed E-state index contributed by atoms with van der Waals surface area (Å²) in [6.07, 6.45) is 6.92. The summed E-state index contributed by atoms with van der Waals surface area (Å²) in [5, 5.41) is 0. The third-order valence-corrected chi connectivity index (χ3v) is 8.13. The lowest BCUT2D eigenvalue weighted by Crippen LogP contribution is -2.14. The molecule has 0 unspecified atom stereocenters. The minimum Gasteiger partial charge on any atom is -0.309 e. The minimum atomic E-state index is -3.67. The molecule has 1 aliphatic rings. The van der Waals surface area contributed by atoms with Gasteiger partial charge in [0.25, 0.3) is 0 Å². The van der Waals surface area contributed by atoms with Crippen molar-refractivity contribution in [2.75, 3.05) is 32.6 Å². The van der Waals surface area contributed by atoms with Gasteiger partial charge in [-0.3, -0.25) is 14.1 Å². The number of rotatable bonds is 12. The lowest BCUT2D eigenvalue weighted by atomic mass is 9.96. The average Bonchev–Trinajstić information content (AvgIpc) is 2.60. The van der Waals surface area contributed by atoms with Crippen molar-refractivity contribution in [3.8, 4) is 0 Å². The van der Waals surface area contributed by atoms with Gasteiger partial charge in [0.1, 0.15) is 11.6 Å². The van der Waals surface area contributed by atoms with Crippen LogP contribution in [-0.4, -0.2) is 38.0 Å². The van der Waals surface area contributed by atoms with Crippen LogP contribution in [0.15, 0.2) is 16.8 Å². The Hall–Kier alpha value is -0.290. The molecule has 0 aromatic carbocycles. The molecule has 0 aliphatic heterocycles. The van der Waals surface area contributed by atoms with E-state index in [2.05, 4.69) is 4.99 Å². The fourth-order valence-electron chi connectivity index (χ4n) is 2.72. The van der Waals surface area contributed by atoms with Crippen molar-refractivity contribution < 1.29 is 27.2 Å². The standard InChI is InChI=1S/C17H33NO6P2/c1-5-21-25(19,22-6-2)15-17(26(20,23-7-3)24-8-4)18-14-16-12-10-9-11-13-16/h14H,5-13,15H2,1-4H3.